The zero-order valence-electron chi connectivity index (χ0n) is 10.4. The van der Waals surface area contributed by atoms with Gasteiger partial charge in [0.1, 0.15) is 0 Å². The van der Waals surface area contributed by atoms with Crippen molar-refractivity contribution in [1.29, 1.82) is 0 Å². The summed E-state index contributed by atoms with van der Waals surface area (Å²) in [4.78, 5) is 0. The Morgan fingerprint density at radius 2 is 2.19 bits per heavy atom. The Labute approximate surface area is 104 Å². The van der Waals surface area contributed by atoms with Crippen LogP contribution in [0, 0.1) is 0 Å². The molecule has 2 atom stereocenters. The number of aliphatic hydroxyl groups is 1. The van der Waals surface area contributed by atoms with Crippen molar-refractivity contribution in [2.75, 3.05) is 12.4 Å². The average Bonchev–Trinajstić information content (AvgIpc) is 3.10. The highest BCUT2D eigenvalue weighted by atomic mass is 32.2. The van der Waals surface area contributed by atoms with Gasteiger partial charge in [0, 0.05) is 16.8 Å². The molecule has 2 unspecified atom stereocenters. The van der Waals surface area contributed by atoms with Gasteiger partial charge in [-0.1, -0.05) is 13.3 Å². The quantitative estimate of drug-likeness (QED) is 0.752. The van der Waals surface area contributed by atoms with Crippen LogP contribution in [0.3, 0.4) is 0 Å². The lowest BCUT2D eigenvalue weighted by molar-refractivity contribution is 0.122. The van der Waals surface area contributed by atoms with E-state index < -0.39 is 0 Å². The minimum atomic E-state index is 0.0603. The van der Waals surface area contributed by atoms with Crippen LogP contribution >= 0.6 is 11.8 Å². The Kier molecular flexibility index (Phi) is 4.57. The van der Waals surface area contributed by atoms with Gasteiger partial charge in [-0.25, -0.2) is 0 Å². The van der Waals surface area contributed by atoms with E-state index in [0.29, 0.717) is 12.6 Å². The van der Waals surface area contributed by atoms with Crippen molar-refractivity contribution in [3.8, 4) is 0 Å². The smallest absolute Gasteiger partial charge is 0.0613 e. The van der Waals surface area contributed by atoms with Gasteiger partial charge in [-0.05, 0) is 44.3 Å². The molecule has 0 radical (unpaired) electrons. The second-order valence-electron chi connectivity index (χ2n) is 5.45. The third kappa shape index (κ3) is 3.38. The van der Waals surface area contributed by atoms with Crippen LogP contribution in [0.1, 0.15) is 51.9 Å². The second kappa shape index (κ2) is 5.74. The maximum Gasteiger partial charge on any atom is 0.0613 e. The standard InChI is InChI=1S/C13H25NOS/c1-2-8-16-12-4-3-7-13(9-12,10-15)14-11-5-6-11/h11-12,14-15H,2-10H2,1H3. The van der Waals surface area contributed by atoms with Crippen LogP contribution in [-0.4, -0.2) is 34.3 Å². The van der Waals surface area contributed by atoms with Gasteiger partial charge in [0.15, 0.2) is 0 Å². The fourth-order valence-electron chi connectivity index (χ4n) is 2.72. The minimum absolute atomic E-state index is 0.0603. The molecule has 3 heteroatoms. The number of hydrogen-bond donors (Lipinski definition) is 2. The SMILES string of the molecule is CCCSC1CCCC(CO)(NC2CC2)C1. The highest BCUT2D eigenvalue weighted by Crippen LogP contribution is 2.37. The summed E-state index contributed by atoms with van der Waals surface area (Å²) < 4.78 is 0. The molecule has 2 aliphatic carbocycles. The van der Waals surface area contributed by atoms with Gasteiger partial charge in [-0.2, -0.15) is 11.8 Å². The predicted octanol–water partition coefficient (Wildman–Crippen LogP) is 2.56. The fraction of sp³-hybridized carbons (Fsp3) is 1.00. The zero-order valence-corrected chi connectivity index (χ0v) is 11.2. The van der Waals surface area contributed by atoms with E-state index in [-0.39, 0.29) is 5.54 Å². The van der Waals surface area contributed by atoms with Gasteiger partial charge in [0.25, 0.3) is 0 Å². The number of thioether (sulfide) groups is 1. The van der Waals surface area contributed by atoms with Gasteiger partial charge < -0.3 is 10.4 Å². The summed E-state index contributed by atoms with van der Waals surface area (Å²) in [6.07, 6.45) is 8.86. The molecule has 0 aliphatic heterocycles. The summed E-state index contributed by atoms with van der Waals surface area (Å²) >= 11 is 2.11. The number of aliphatic hydroxyl groups excluding tert-OH is 1. The molecule has 16 heavy (non-hydrogen) atoms. The fourth-order valence-corrected chi connectivity index (χ4v) is 4.06. The summed E-state index contributed by atoms with van der Waals surface area (Å²) in [5.74, 6) is 1.27. The highest BCUT2D eigenvalue weighted by molar-refractivity contribution is 7.99. The molecule has 2 rings (SSSR count). The van der Waals surface area contributed by atoms with Gasteiger partial charge >= 0.3 is 0 Å². The van der Waals surface area contributed by atoms with Gasteiger partial charge in [-0.15, -0.1) is 0 Å². The van der Waals surface area contributed by atoms with Crippen LogP contribution in [-0.2, 0) is 0 Å². The van der Waals surface area contributed by atoms with E-state index >= 15 is 0 Å². The molecule has 94 valence electrons. The van der Waals surface area contributed by atoms with Gasteiger partial charge in [0.05, 0.1) is 6.61 Å². The highest BCUT2D eigenvalue weighted by Gasteiger charge is 2.39. The molecule has 0 spiro atoms. The van der Waals surface area contributed by atoms with Crippen molar-refractivity contribution in [2.24, 2.45) is 0 Å². The lowest BCUT2D eigenvalue weighted by Crippen LogP contribution is -2.53. The number of hydrogen-bond acceptors (Lipinski definition) is 3. The molecule has 2 nitrogen and oxygen atoms in total. The molecule has 2 aliphatic rings. The van der Waals surface area contributed by atoms with E-state index in [0.717, 1.165) is 5.25 Å². The van der Waals surface area contributed by atoms with Gasteiger partial charge in [-0.3, -0.25) is 0 Å². The molecule has 2 saturated carbocycles. The first-order chi connectivity index (χ1) is 7.78. The molecule has 2 N–H and O–H groups in total. The zero-order chi connectivity index (χ0) is 11.4. The van der Waals surface area contributed by atoms with E-state index in [2.05, 4.69) is 24.0 Å². The largest absolute Gasteiger partial charge is 0.394 e. The third-order valence-electron chi connectivity index (χ3n) is 3.75. The topological polar surface area (TPSA) is 32.3 Å². The van der Waals surface area contributed by atoms with E-state index in [1.807, 2.05) is 0 Å². The van der Waals surface area contributed by atoms with Crippen LogP contribution in [0.4, 0.5) is 0 Å². The first kappa shape index (κ1) is 12.7. The van der Waals surface area contributed by atoms with E-state index in [4.69, 9.17) is 0 Å². The van der Waals surface area contributed by atoms with Crippen LogP contribution in [0.15, 0.2) is 0 Å². The molecule has 0 amide bonds. The summed E-state index contributed by atoms with van der Waals surface area (Å²) in [6.45, 7) is 2.57. The first-order valence-corrected chi connectivity index (χ1v) is 7.83. The maximum atomic E-state index is 9.69. The van der Waals surface area contributed by atoms with Crippen molar-refractivity contribution < 1.29 is 5.11 Å². The van der Waals surface area contributed by atoms with Crippen LogP contribution in [0.5, 0.6) is 0 Å². The molecular weight excluding hydrogens is 218 g/mol. The molecule has 2 fully saturated rings. The molecule has 0 aromatic heterocycles. The lowest BCUT2D eigenvalue weighted by Gasteiger charge is -2.40. The van der Waals surface area contributed by atoms with Gasteiger partial charge in [0.2, 0.25) is 0 Å². The predicted molar refractivity (Wildman–Crippen MR) is 71.0 cm³/mol. The van der Waals surface area contributed by atoms with Crippen LogP contribution < -0.4 is 5.32 Å². The number of rotatable bonds is 6. The van der Waals surface area contributed by atoms with Crippen molar-refractivity contribution in [1.82, 2.24) is 5.32 Å². The monoisotopic (exact) mass is 243 g/mol. The summed E-state index contributed by atoms with van der Waals surface area (Å²) in [6, 6.07) is 0.710. The Bertz CT molecular complexity index is 220. The van der Waals surface area contributed by atoms with Crippen molar-refractivity contribution in [3.05, 3.63) is 0 Å². The van der Waals surface area contributed by atoms with Crippen molar-refractivity contribution >= 4 is 11.8 Å². The van der Waals surface area contributed by atoms with E-state index in [1.54, 1.807) is 0 Å². The molecule has 0 heterocycles. The molecule has 0 aromatic carbocycles. The number of nitrogens with one attached hydrogen (secondary N) is 1. The molecule has 0 saturated heterocycles. The lowest BCUT2D eigenvalue weighted by atomic mass is 9.82. The van der Waals surface area contributed by atoms with Crippen molar-refractivity contribution in [2.45, 2.75) is 68.7 Å². The third-order valence-corrected chi connectivity index (χ3v) is 5.27. The van der Waals surface area contributed by atoms with Crippen LogP contribution in [0.2, 0.25) is 0 Å². The second-order valence-corrected chi connectivity index (χ2v) is 6.85. The summed E-state index contributed by atoms with van der Waals surface area (Å²) in [5, 5.41) is 14.2. The Balaban J connectivity index is 1.85. The van der Waals surface area contributed by atoms with Crippen LogP contribution in [0.25, 0.3) is 0 Å². The summed E-state index contributed by atoms with van der Waals surface area (Å²) in [5.41, 5.74) is 0.0603. The Morgan fingerprint density at radius 3 is 2.81 bits per heavy atom. The van der Waals surface area contributed by atoms with E-state index in [9.17, 15) is 5.11 Å². The minimum Gasteiger partial charge on any atom is -0.394 e. The molecule has 0 bridgehead atoms. The normalized spacial score (nSPS) is 35.2. The maximum absolute atomic E-state index is 9.69. The van der Waals surface area contributed by atoms with Crippen molar-refractivity contribution in [3.63, 3.8) is 0 Å². The molecular formula is C13H25NOS. The molecule has 0 aromatic rings. The van der Waals surface area contributed by atoms with E-state index in [1.165, 1.54) is 50.7 Å². The summed E-state index contributed by atoms with van der Waals surface area (Å²) in [7, 11) is 0. The average molecular weight is 243 g/mol. The Hall–Kier alpha value is 0.270. The Morgan fingerprint density at radius 1 is 1.38 bits per heavy atom. The first-order valence-electron chi connectivity index (χ1n) is 6.78.